The standard InChI is InChI=1S/C12H16BrNO4S/c1-12(2,3)18-11(17)14-8(10(15)16)6-9-7(13)4-5-19-9/h4-5,8H,6H2,1-3H3,(H,14,17)(H,15,16)/t8-/m1/s1. The Labute approximate surface area is 124 Å². The first-order chi connectivity index (χ1) is 8.69. The van der Waals surface area contributed by atoms with Gasteiger partial charge in [0.1, 0.15) is 11.6 Å². The molecule has 5 nitrogen and oxygen atoms in total. The first-order valence-electron chi connectivity index (χ1n) is 5.63. The lowest BCUT2D eigenvalue weighted by molar-refractivity contribution is -0.139. The smallest absolute Gasteiger partial charge is 0.408 e. The number of carbonyl (C=O) groups excluding carboxylic acids is 1. The van der Waals surface area contributed by atoms with Crippen molar-refractivity contribution in [2.45, 2.75) is 38.8 Å². The van der Waals surface area contributed by atoms with E-state index < -0.39 is 23.7 Å². The van der Waals surface area contributed by atoms with E-state index in [9.17, 15) is 9.59 Å². The molecule has 0 bridgehead atoms. The number of rotatable bonds is 4. The number of halogens is 1. The van der Waals surface area contributed by atoms with Crippen molar-refractivity contribution in [3.8, 4) is 0 Å². The molecule has 1 atom stereocenters. The van der Waals surface area contributed by atoms with Crippen LogP contribution in [0.3, 0.4) is 0 Å². The Morgan fingerprint density at radius 2 is 2.16 bits per heavy atom. The van der Waals surface area contributed by atoms with E-state index in [1.165, 1.54) is 11.3 Å². The van der Waals surface area contributed by atoms with Crippen LogP contribution in [0.1, 0.15) is 25.6 Å². The molecule has 0 saturated heterocycles. The third kappa shape index (κ3) is 5.61. The predicted molar refractivity (Wildman–Crippen MR) is 76.5 cm³/mol. The molecule has 1 heterocycles. The third-order valence-electron chi connectivity index (χ3n) is 2.07. The van der Waals surface area contributed by atoms with Gasteiger partial charge < -0.3 is 15.2 Å². The van der Waals surface area contributed by atoms with Crippen LogP contribution in [0.4, 0.5) is 4.79 Å². The van der Waals surface area contributed by atoms with Gasteiger partial charge in [-0.05, 0) is 48.1 Å². The maximum absolute atomic E-state index is 11.6. The molecular formula is C12H16BrNO4S. The molecule has 0 aliphatic carbocycles. The molecule has 1 aromatic heterocycles. The van der Waals surface area contributed by atoms with Gasteiger partial charge in [0.15, 0.2) is 0 Å². The second kappa shape index (κ2) is 6.38. The van der Waals surface area contributed by atoms with Gasteiger partial charge in [0, 0.05) is 15.8 Å². The number of hydrogen-bond donors (Lipinski definition) is 2. The SMILES string of the molecule is CC(C)(C)OC(=O)N[C@H](Cc1sccc1Br)C(=O)O. The molecule has 1 rings (SSSR count). The fourth-order valence-corrected chi connectivity index (χ4v) is 2.87. The van der Waals surface area contributed by atoms with E-state index in [-0.39, 0.29) is 6.42 Å². The number of nitrogens with one attached hydrogen (secondary N) is 1. The van der Waals surface area contributed by atoms with E-state index in [1.807, 2.05) is 11.4 Å². The first kappa shape index (κ1) is 16.0. The number of ether oxygens (including phenoxy) is 1. The highest BCUT2D eigenvalue weighted by Crippen LogP contribution is 2.24. The molecule has 1 amide bonds. The largest absolute Gasteiger partial charge is 0.480 e. The third-order valence-corrected chi connectivity index (χ3v) is 4.02. The van der Waals surface area contributed by atoms with Crippen molar-refractivity contribution in [3.63, 3.8) is 0 Å². The second-order valence-electron chi connectivity index (χ2n) is 4.93. The Kier molecular flexibility index (Phi) is 5.37. The van der Waals surface area contributed by atoms with Crippen LogP contribution in [0.15, 0.2) is 15.9 Å². The summed E-state index contributed by atoms with van der Waals surface area (Å²) in [6.45, 7) is 5.16. The van der Waals surface area contributed by atoms with Crippen molar-refractivity contribution < 1.29 is 19.4 Å². The van der Waals surface area contributed by atoms with E-state index >= 15 is 0 Å². The van der Waals surface area contributed by atoms with Crippen LogP contribution in [0.2, 0.25) is 0 Å². The maximum atomic E-state index is 11.6. The highest BCUT2D eigenvalue weighted by Gasteiger charge is 2.25. The van der Waals surface area contributed by atoms with Crippen LogP contribution < -0.4 is 5.32 Å². The Balaban J connectivity index is 2.67. The van der Waals surface area contributed by atoms with Gasteiger partial charge in [-0.1, -0.05) is 0 Å². The summed E-state index contributed by atoms with van der Waals surface area (Å²) in [5.41, 5.74) is -0.656. The minimum absolute atomic E-state index is 0.215. The number of hydrogen-bond acceptors (Lipinski definition) is 4. The number of amides is 1. The van der Waals surface area contributed by atoms with Crippen molar-refractivity contribution in [3.05, 3.63) is 20.8 Å². The maximum Gasteiger partial charge on any atom is 0.408 e. The van der Waals surface area contributed by atoms with Crippen LogP contribution in [0, 0.1) is 0 Å². The molecule has 106 valence electrons. The van der Waals surface area contributed by atoms with Gasteiger partial charge in [0.05, 0.1) is 0 Å². The molecule has 0 saturated carbocycles. The van der Waals surface area contributed by atoms with E-state index in [0.717, 1.165) is 9.35 Å². The summed E-state index contributed by atoms with van der Waals surface area (Å²) in [7, 11) is 0. The minimum atomic E-state index is -1.09. The molecule has 19 heavy (non-hydrogen) atoms. The average molecular weight is 350 g/mol. The van der Waals surface area contributed by atoms with E-state index in [4.69, 9.17) is 9.84 Å². The van der Waals surface area contributed by atoms with Gasteiger partial charge in [-0.2, -0.15) is 0 Å². The zero-order valence-electron chi connectivity index (χ0n) is 10.9. The van der Waals surface area contributed by atoms with Crippen LogP contribution in [-0.4, -0.2) is 28.8 Å². The van der Waals surface area contributed by atoms with Gasteiger partial charge in [0.2, 0.25) is 0 Å². The second-order valence-corrected chi connectivity index (χ2v) is 6.79. The van der Waals surface area contributed by atoms with Crippen LogP contribution in [-0.2, 0) is 16.0 Å². The molecule has 0 unspecified atom stereocenters. The van der Waals surface area contributed by atoms with Crippen molar-refractivity contribution >= 4 is 39.3 Å². The number of alkyl carbamates (subject to hydrolysis) is 1. The zero-order valence-corrected chi connectivity index (χ0v) is 13.3. The molecule has 0 aliphatic rings. The van der Waals surface area contributed by atoms with Gasteiger partial charge in [0.25, 0.3) is 0 Å². The van der Waals surface area contributed by atoms with Crippen LogP contribution >= 0.6 is 27.3 Å². The van der Waals surface area contributed by atoms with E-state index in [0.29, 0.717) is 0 Å². The summed E-state index contributed by atoms with van der Waals surface area (Å²) in [6.07, 6.45) is -0.514. The van der Waals surface area contributed by atoms with E-state index in [1.54, 1.807) is 20.8 Å². The highest BCUT2D eigenvalue weighted by molar-refractivity contribution is 9.10. The summed E-state index contributed by atoms with van der Waals surface area (Å²) in [5, 5.41) is 13.3. The molecule has 2 N–H and O–H groups in total. The fraction of sp³-hybridized carbons (Fsp3) is 0.500. The fourth-order valence-electron chi connectivity index (χ4n) is 1.31. The van der Waals surface area contributed by atoms with Crippen molar-refractivity contribution in [2.75, 3.05) is 0 Å². The summed E-state index contributed by atoms with van der Waals surface area (Å²) >= 11 is 4.77. The number of carbonyl (C=O) groups is 2. The average Bonchev–Trinajstić information content (AvgIpc) is 2.60. The predicted octanol–water partition coefficient (Wildman–Crippen LogP) is 3.03. The van der Waals surface area contributed by atoms with Crippen LogP contribution in [0.5, 0.6) is 0 Å². The Morgan fingerprint density at radius 3 is 2.58 bits per heavy atom. The number of carboxylic acid groups (broad SMARTS) is 1. The Morgan fingerprint density at radius 1 is 1.53 bits per heavy atom. The molecule has 0 radical (unpaired) electrons. The Bertz CT molecular complexity index is 467. The first-order valence-corrected chi connectivity index (χ1v) is 7.30. The molecule has 1 aromatic rings. The highest BCUT2D eigenvalue weighted by atomic mass is 79.9. The molecule has 0 fully saturated rings. The quantitative estimate of drug-likeness (QED) is 0.875. The lowest BCUT2D eigenvalue weighted by Crippen LogP contribution is -2.44. The summed E-state index contributed by atoms with van der Waals surface area (Å²) in [4.78, 5) is 23.6. The monoisotopic (exact) mass is 349 g/mol. The summed E-state index contributed by atoms with van der Waals surface area (Å²) in [5.74, 6) is -1.09. The number of aliphatic carboxylic acids is 1. The molecule has 0 spiro atoms. The minimum Gasteiger partial charge on any atom is -0.480 e. The van der Waals surface area contributed by atoms with Gasteiger partial charge >= 0.3 is 12.1 Å². The summed E-state index contributed by atoms with van der Waals surface area (Å²) < 4.78 is 5.89. The molecule has 0 aromatic carbocycles. The van der Waals surface area contributed by atoms with Crippen molar-refractivity contribution in [2.24, 2.45) is 0 Å². The van der Waals surface area contributed by atoms with Gasteiger partial charge in [-0.15, -0.1) is 11.3 Å². The number of carboxylic acids is 1. The van der Waals surface area contributed by atoms with Gasteiger partial charge in [-0.25, -0.2) is 9.59 Å². The zero-order chi connectivity index (χ0) is 14.6. The van der Waals surface area contributed by atoms with E-state index in [2.05, 4.69) is 21.2 Å². The molecular weight excluding hydrogens is 334 g/mol. The van der Waals surface area contributed by atoms with Crippen LogP contribution in [0.25, 0.3) is 0 Å². The van der Waals surface area contributed by atoms with Gasteiger partial charge in [-0.3, -0.25) is 0 Å². The topological polar surface area (TPSA) is 75.6 Å². The molecule has 0 aliphatic heterocycles. The normalized spacial score (nSPS) is 12.8. The lowest BCUT2D eigenvalue weighted by atomic mass is 10.2. The lowest BCUT2D eigenvalue weighted by Gasteiger charge is -2.21. The Hall–Kier alpha value is -1.08. The van der Waals surface area contributed by atoms with Crippen molar-refractivity contribution in [1.29, 1.82) is 0 Å². The van der Waals surface area contributed by atoms with Crippen molar-refractivity contribution in [1.82, 2.24) is 5.32 Å². The number of thiophene rings is 1. The summed E-state index contributed by atoms with van der Waals surface area (Å²) in [6, 6.07) is 0.830. The molecule has 7 heteroatoms.